The van der Waals surface area contributed by atoms with E-state index in [9.17, 15) is 9.59 Å². The Kier molecular flexibility index (Phi) is 8.03. The molecule has 4 rings (SSSR count). The molecule has 0 saturated carbocycles. The number of fused-ring (bicyclic) bond motifs is 3. The molecular weight excluding hydrogens is 438 g/mol. The van der Waals surface area contributed by atoms with E-state index in [0.29, 0.717) is 26.1 Å². The highest BCUT2D eigenvalue weighted by Gasteiger charge is 2.29. The number of nitrogens with zero attached hydrogens (tertiary/aromatic N) is 1. The van der Waals surface area contributed by atoms with Crippen LogP contribution in [0.1, 0.15) is 61.9 Å². The first-order valence-electron chi connectivity index (χ1n) is 12.5. The predicted molar refractivity (Wildman–Crippen MR) is 138 cm³/mol. The number of aromatic nitrogens is 1. The highest BCUT2D eigenvalue weighted by atomic mass is 16.5. The number of alkyl carbamates (subject to hydrolysis) is 1. The van der Waals surface area contributed by atoms with E-state index < -0.39 is 6.09 Å². The van der Waals surface area contributed by atoms with Gasteiger partial charge in [-0.2, -0.15) is 0 Å². The number of Topliss-reactive ketones (excluding diaryl/α,β-unsaturated/α-hetero) is 1. The average molecular weight is 474 g/mol. The molecule has 2 aromatic carbocycles. The number of rotatable bonds is 11. The second-order valence-corrected chi connectivity index (χ2v) is 9.43. The van der Waals surface area contributed by atoms with Crippen LogP contribution in [0, 0.1) is 5.92 Å². The van der Waals surface area contributed by atoms with E-state index >= 15 is 0 Å². The molecule has 0 saturated heterocycles. The van der Waals surface area contributed by atoms with Crippen molar-refractivity contribution in [2.75, 3.05) is 13.2 Å². The van der Waals surface area contributed by atoms with Gasteiger partial charge in [-0.1, -0.05) is 62.4 Å². The molecule has 1 aliphatic carbocycles. The molecular formula is C29H35N3O3. The van der Waals surface area contributed by atoms with Gasteiger partial charge in [0.05, 0.1) is 6.04 Å². The largest absolute Gasteiger partial charge is 0.449 e. The maximum Gasteiger partial charge on any atom is 0.407 e. The van der Waals surface area contributed by atoms with E-state index in [1.54, 1.807) is 0 Å². The molecule has 0 unspecified atom stereocenters. The number of hydrogen-bond acceptors (Lipinski definition) is 4. The van der Waals surface area contributed by atoms with Crippen molar-refractivity contribution in [1.29, 1.82) is 0 Å². The van der Waals surface area contributed by atoms with Crippen molar-refractivity contribution < 1.29 is 14.3 Å². The number of unbranched alkanes of at least 4 members (excludes halogenated alkanes) is 1. The molecule has 3 aromatic rings. The van der Waals surface area contributed by atoms with E-state index in [4.69, 9.17) is 10.5 Å². The maximum atomic E-state index is 12.8. The Bertz CT molecular complexity index is 1120. The van der Waals surface area contributed by atoms with Gasteiger partial charge < -0.3 is 20.4 Å². The van der Waals surface area contributed by atoms with Gasteiger partial charge in [-0.05, 0) is 53.6 Å². The molecule has 1 amide bonds. The van der Waals surface area contributed by atoms with Crippen molar-refractivity contribution in [3.63, 3.8) is 0 Å². The molecule has 6 heteroatoms. The van der Waals surface area contributed by atoms with E-state index in [0.717, 1.165) is 18.5 Å². The van der Waals surface area contributed by atoms with E-state index in [1.165, 1.54) is 22.3 Å². The van der Waals surface area contributed by atoms with Crippen molar-refractivity contribution in [3.8, 4) is 11.1 Å². The molecule has 0 aliphatic heterocycles. The van der Waals surface area contributed by atoms with E-state index in [2.05, 4.69) is 29.6 Å². The fraction of sp³-hybridized carbons (Fsp3) is 0.379. The molecule has 35 heavy (non-hydrogen) atoms. The van der Waals surface area contributed by atoms with Crippen molar-refractivity contribution in [1.82, 2.24) is 9.88 Å². The number of nitrogens with two attached hydrogens (primary N) is 1. The highest BCUT2D eigenvalue weighted by molar-refractivity contribution is 5.84. The number of ether oxygens (including phenoxy) is 1. The van der Waals surface area contributed by atoms with Gasteiger partial charge >= 0.3 is 6.09 Å². The van der Waals surface area contributed by atoms with Gasteiger partial charge in [-0.25, -0.2) is 4.79 Å². The van der Waals surface area contributed by atoms with E-state index in [1.807, 2.05) is 61.0 Å². The molecule has 1 aromatic heterocycles. The van der Waals surface area contributed by atoms with Crippen LogP contribution >= 0.6 is 0 Å². The van der Waals surface area contributed by atoms with Crippen LogP contribution in [0.25, 0.3) is 11.1 Å². The van der Waals surface area contributed by atoms with Crippen molar-refractivity contribution in [2.24, 2.45) is 11.7 Å². The standard InChI is InChI=1S/C29H35N3O3/c1-20(2)28(33)27(32-17-9-10-21(32)18-30)15-7-8-16-31-29(34)35-19-26-24-13-5-3-11-22(24)23-12-4-6-14-25(23)26/h3-6,9-14,17,20,26-27H,7-8,15-16,18-19,30H2,1-2H3,(H,31,34)/t27-/m0/s1. The second-order valence-electron chi connectivity index (χ2n) is 9.43. The first-order chi connectivity index (χ1) is 17.0. The first-order valence-corrected chi connectivity index (χ1v) is 12.5. The lowest BCUT2D eigenvalue weighted by Crippen LogP contribution is -2.28. The summed E-state index contributed by atoms with van der Waals surface area (Å²) in [6, 6.07) is 20.3. The summed E-state index contributed by atoms with van der Waals surface area (Å²) in [5.41, 5.74) is 11.6. The fourth-order valence-electron chi connectivity index (χ4n) is 5.01. The van der Waals surface area contributed by atoms with Crippen molar-refractivity contribution >= 4 is 11.9 Å². The quantitative estimate of drug-likeness (QED) is 0.364. The minimum absolute atomic E-state index is 0.0491. The number of amides is 1. The fourth-order valence-corrected chi connectivity index (χ4v) is 5.01. The third-order valence-corrected chi connectivity index (χ3v) is 6.83. The van der Waals surface area contributed by atoms with Crippen LogP contribution in [-0.4, -0.2) is 29.6 Å². The molecule has 3 N–H and O–H groups in total. The van der Waals surface area contributed by atoms with Crippen LogP contribution in [0.4, 0.5) is 4.79 Å². The highest BCUT2D eigenvalue weighted by Crippen LogP contribution is 2.44. The summed E-state index contributed by atoms with van der Waals surface area (Å²) >= 11 is 0. The minimum atomic E-state index is -0.405. The van der Waals surface area contributed by atoms with E-state index in [-0.39, 0.29) is 23.7 Å². The van der Waals surface area contributed by atoms with Gasteiger partial charge in [0.25, 0.3) is 0 Å². The third kappa shape index (κ3) is 5.49. The number of nitrogens with one attached hydrogen (secondary N) is 1. The van der Waals surface area contributed by atoms with Gasteiger partial charge in [0.15, 0.2) is 5.78 Å². The molecule has 0 spiro atoms. The summed E-state index contributed by atoms with van der Waals surface area (Å²) in [4.78, 5) is 25.2. The summed E-state index contributed by atoms with van der Waals surface area (Å²) in [5, 5.41) is 2.86. The Morgan fingerprint density at radius 1 is 0.971 bits per heavy atom. The van der Waals surface area contributed by atoms with Crippen molar-refractivity contribution in [3.05, 3.63) is 83.7 Å². The summed E-state index contributed by atoms with van der Waals surface area (Å²) in [5.74, 6) is 0.210. The van der Waals surface area contributed by atoms with Gasteiger partial charge in [-0.3, -0.25) is 4.79 Å². The average Bonchev–Trinajstić information content (AvgIpc) is 3.47. The molecule has 6 nitrogen and oxygen atoms in total. The Balaban J connectivity index is 1.25. The van der Waals surface area contributed by atoms with Gasteiger partial charge in [0.1, 0.15) is 6.61 Å². The molecule has 1 heterocycles. The lowest BCUT2D eigenvalue weighted by Gasteiger charge is -2.22. The second kappa shape index (κ2) is 11.4. The number of carbonyl (C=O) groups is 2. The summed E-state index contributed by atoms with van der Waals surface area (Å²) in [6.07, 6.45) is 3.82. The SMILES string of the molecule is CC(C)C(=O)[C@H](CCCCNC(=O)OCC1c2ccccc2-c2ccccc21)n1cccc1CN. The van der Waals surface area contributed by atoms with Gasteiger partial charge in [-0.15, -0.1) is 0 Å². The summed E-state index contributed by atoms with van der Waals surface area (Å²) < 4.78 is 7.61. The zero-order valence-corrected chi connectivity index (χ0v) is 20.6. The van der Waals surface area contributed by atoms with Crippen LogP contribution < -0.4 is 11.1 Å². The van der Waals surface area contributed by atoms with Gasteiger partial charge in [0, 0.05) is 36.8 Å². The number of ketones is 1. The molecule has 0 radical (unpaired) electrons. The molecule has 1 aliphatic rings. The number of carbonyl (C=O) groups excluding carboxylic acids is 2. The lowest BCUT2D eigenvalue weighted by atomic mass is 9.96. The van der Waals surface area contributed by atoms with Crippen LogP contribution in [0.2, 0.25) is 0 Å². The molecule has 0 fully saturated rings. The normalized spacial score (nSPS) is 13.4. The number of hydrogen-bond donors (Lipinski definition) is 2. The Labute approximate surface area is 207 Å². The Morgan fingerprint density at radius 3 is 2.26 bits per heavy atom. The van der Waals surface area contributed by atoms with Crippen LogP contribution in [-0.2, 0) is 16.1 Å². The zero-order valence-electron chi connectivity index (χ0n) is 20.6. The molecule has 1 atom stereocenters. The topological polar surface area (TPSA) is 86.4 Å². The van der Waals surface area contributed by atoms with Crippen LogP contribution in [0.3, 0.4) is 0 Å². The van der Waals surface area contributed by atoms with Crippen LogP contribution in [0.5, 0.6) is 0 Å². The van der Waals surface area contributed by atoms with Crippen molar-refractivity contribution in [2.45, 2.75) is 51.6 Å². The first kappa shape index (κ1) is 24.7. The Hall–Kier alpha value is -3.38. The third-order valence-electron chi connectivity index (χ3n) is 6.83. The molecule has 184 valence electrons. The molecule has 0 bridgehead atoms. The minimum Gasteiger partial charge on any atom is -0.449 e. The number of benzene rings is 2. The maximum absolute atomic E-state index is 12.8. The van der Waals surface area contributed by atoms with Crippen LogP contribution in [0.15, 0.2) is 66.9 Å². The Morgan fingerprint density at radius 2 is 1.63 bits per heavy atom. The lowest BCUT2D eigenvalue weighted by molar-refractivity contribution is -0.125. The zero-order chi connectivity index (χ0) is 24.8. The summed E-state index contributed by atoms with van der Waals surface area (Å²) in [6.45, 7) is 5.08. The summed E-state index contributed by atoms with van der Waals surface area (Å²) in [7, 11) is 0. The monoisotopic (exact) mass is 473 g/mol. The van der Waals surface area contributed by atoms with Gasteiger partial charge in [0.2, 0.25) is 0 Å². The smallest absolute Gasteiger partial charge is 0.407 e. The predicted octanol–water partition coefficient (Wildman–Crippen LogP) is 5.42.